The average molecular weight is 303 g/mol. The summed E-state index contributed by atoms with van der Waals surface area (Å²) in [4.78, 5) is 28.0. The van der Waals surface area contributed by atoms with E-state index in [0.717, 1.165) is 18.7 Å². The summed E-state index contributed by atoms with van der Waals surface area (Å²) < 4.78 is 0. The molecule has 1 N–H and O–H groups in total. The molecule has 1 aromatic rings. The largest absolute Gasteiger partial charge is 0.350 e. The first kappa shape index (κ1) is 16.5. The Morgan fingerprint density at radius 1 is 1.36 bits per heavy atom. The second-order valence-electron chi connectivity index (χ2n) is 6.59. The van der Waals surface area contributed by atoms with Crippen LogP contribution in [-0.4, -0.2) is 49.4 Å². The maximum absolute atomic E-state index is 12.3. The summed E-state index contributed by atoms with van der Waals surface area (Å²) in [6, 6.07) is 7.28. The van der Waals surface area contributed by atoms with Gasteiger partial charge in [0.25, 0.3) is 5.91 Å². The zero-order valence-electron chi connectivity index (χ0n) is 13.8. The van der Waals surface area contributed by atoms with E-state index in [9.17, 15) is 9.59 Å². The maximum atomic E-state index is 12.3. The second kappa shape index (κ2) is 6.48. The number of rotatable bonds is 5. The number of nitrogens with zero attached hydrogens (tertiary/aromatic N) is 2. The molecule has 1 saturated heterocycles. The topological polar surface area (TPSA) is 52.7 Å². The van der Waals surface area contributed by atoms with Crippen molar-refractivity contribution in [3.8, 4) is 0 Å². The average Bonchev–Trinajstić information content (AvgIpc) is 2.91. The van der Waals surface area contributed by atoms with E-state index < -0.39 is 0 Å². The molecule has 22 heavy (non-hydrogen) atoms. The first-order valence-corrected chi connectivity index (χ1v) is 7.67. The quantitative estimate of drug-likeness (QED) is 0.903. The van der Waals surface area contributed by atoms with Crippen LogP contribution in [0.2, 0.25) is 0 Å². The fourth-order valence-corrected chi connectivity index (χ4v) is 2.29. The van der Waals surface area contributed by atoms with Crippen molar-refractivity contribution in [2.75, 3.05) is 32.1 Å². The number of carbonyl (C=O) groups is 2. The van der Waals surface area contributed by atoms with Crippen LogP contribution < -0.4 is 10.2 Å². The fraction of sp³-hybridized carbons (Fsp3) is 0.529. The van der Waals surface area contributed by atoms with Gasteiger partial charge in [0, 0.05) is 36.3 Å². The van der Waals surface area contributed by atoms with E-state index in [1.807, 2.05) is 26.2 Å². The van der Waals surface area contributed by atoms with Gasteiger partial charge in [-0.3, -0.25) is 9.59 Å². The summed E-state index contributed by atoms with van der Waals surface area (Å²) in [7, 11) is 3.98. The van der Waals surface area contributed by atoms with Crippen LogP contribution in [0, 0.1) is 0 Å². The molecule has 120 valence electrons. The smallest absolute Gasteiger partial charge is 0.251 e. The Labute approximate surface area is 132 Å². The molecule has 5 nitrogen and oxygen atoms in total. The summed E-state index contributed by atoms with van der Waals surface area (Å²) in [6.07, 6.45) is 1.47. The lowest BCUT2D eigenvalue weighted by molar-refractivity contribution is -0.117. The molecule has 1 fully saturated rings. The highest BCUT2D eigenvalue weighted by atomic mass is 16.2. The summed E-state index contributed by atoms with van der Waals surface area (Å²) in [6.45, 7) is 5.45. The van der Waals surface area contributed by atoms with Crippen LogP contribution in [0.4, 0.5) is 5.69 Å². The van der Waals surface area contributed by atoms with Gasteiger partial charge in [0.1, 0.15) is 0 Å². The van der Waals surface area contributed by atoms with Crippen LogP contribution in [0.15, 0.2) is 24.3 Å². The maximum Gasteiger partial charge on any atom is 0.251 e. The Bertz CT molecular complexity index is 567. The highest BCUT2D eigenvalue weighted by Gasteiger charge is 2.23. The van der Waals surface area contributed by atoms with Gasteiger partial charge in [-0.15, -0.1) is 0 Å². The molecule has 0 spiro atoms. The van der Waals surface area contributed by atoms with Crippen molar-refractivity contribution in [1.29, 1.82) is 0 Å². The van der Waals surface area contributed by atoms with Gasteiger partial charge < -0.3 is 15.1 Å². The Morgan fingerprint density at radius 3 is 2.68 bits per heavy atom. The third-order valence-electron chi connectivity index (χ3n) is 4.39. The minimum absolute atomic E-state index is 0.108. The van der Waals surface area contributed by atoms with Crippen molar-refractivity contribution in [2.24, 2.45) is 0 Å². The molecular weight excluding hydrogens is 278 g/mol. The number of hydrogen-bond acceptors (Lipinski definition) is 3. The standard InChI is InChI=1S/C17H25N3O2/c1-17(2,19(3)4)12-18-16(22)13-7-5-8-14(11-13)20-10-6-9-15(20)21/h5,7-8,11H,6,9-10,12H2,1-4H3,(H,18,22). The molecule has 1 aliphatic rings. The zero-order chi connectivity index (χ0) is 16.3. The lowest BCUT2D eigenvalue weighted by Crippen LogP contribution is -2.48. The molecular formula is C17H25N3O2. The van der Waals surface area contributed by atoms with E-state index in [2.05, 4.69) is 24.1 Å². The number of anilines is 1. The zero-order valence-corrected chi connectivity index (χ0v) is 13.8. The van der Waals surface area contributed by atoms with Crippen molar-refractivity contribution >= 4 is 17.5 Å². The van der Waals surface area contributed by atoms with Crippen LogP contribution >= 0.6 is 0 Å². The van der Waals surface area contributed by atoms with Crippen molar-refractivity contribution < 1.29 is 9.59 Å². The lowest BCUT2D eigenvalue weighted by atomic mass is 10.0. The second-order valence-corrected chi connectivity index (χ2v) is 6.59. The van der Waals surface area contributed by atoms with E-state index >= 15 is 0 Å². The molecule has 2 amide bonds. The third kappa shape index (κ3) is 3.65. The number of nitrogens with one attached hydrogen (secondary N) is 1. The summed E-state index contributed by atoms with van der Waals surface area (Å²) >= 11 is 0. The predicted octanol–water partition coefficient (Wildman–Crippen LogP) is 1.88. The summed E-state index contributed by atoms with van der Waals surface area (Å²) in [5, 5.41) is 2.97. The SMILES string of the molecule is CN(C)C(C)(C)CNC(=O)c1cccc(N2CCCC2=O)c1. The molecule has 0 radical (unpaired) electrons. The van der Waals surface area contributed by atoms with E-state index in [1.54, 1.807) is 17.0 Å². The monoisotopic (exact) mass is 303 g/mol. The molecule has 0 saturated carbocycles. The van der Waals surface area contributed by atoms with Crippen LogP contribution in [-0.2, 0) is 4.79 Å². The van der Waals surface area contributed by atoms with Crippen LogP contribution in [0.3, 0.4) is 0 Å². The predicted molar refractivity (Wildman–Crippen MR) is 88.1 cm³/mol. The first-order chi connectivity index (χ1) is 10.3. The molecule has 5 heteroatoms. The van der Waals surface area contributed by atoms with E-state index in [1.165, 1.54) is 0 Å². The molecule has 0 unspecified atom stereocenters. The van der Waals surface area contributed by atoms with Gasteiger partial charge in [-0.05, 0) is 52.6 Å². The lowest BCUT2D eigenvalue weighted by Gasteiger charge is -2.32. The van der Waals surface area contributed by atoms with Gasteiger partial charge >= 0.3 is 0 Å². The molecule has 0 bridgehead atoms. The van der Waals surface area contributed by atoms with Crippen LogP contribution in [0.1, 0.15) is 37.0 Å². The number of benzene rings is 1. The van der Waals surface area contributed by atoms with Gasteiger partial charge in [0.15, 0.2) is 0 Å². The summed E-state index contributed by atoms with van der Waals surface area (Å²) in [5.41, 5.74) is 1.28. The Hall–Kier alpha value is -1.88. The summed E-state index contributed by atoms with van der Waals surface area (Å²) in [5.74, 6) is 0.0229. The van der Waals surface area contributed by atoms with Gasteiger partial charge in [-0.2, -0.15) is 0 Å². The molecule has 1 aromatic carbocycles. The van der Waals surface area contributed by atoms with Crippen molar-refractivity contribution in [3.63, 3.8) is 0 Å². The molecule has 2 rings (SSSR count). The Morgan fingerprint density at radius 2 is 2.09 bits per heavy atom. The first-order valence-electron chi connectivity index (χ1n) is 7.67. The normalized spacial score (nSPS) is 15.5. The van der Waals surface area contributed by atoms with E-state index in [0.29, 0.717) is 18.5 Å². The molecule has 1 aliphatic heterocycles. The number of carbonyl (C=O) groups excluding carboxylic acids is 2. The van der Waals surface area contributed by atoms with Crippen molar-refractivity contribution in [3.05, 3.63) is 29.8 Å². The molecule has 1 heterocycles. The third-order valence-corrected chi connectivity index (χ3v) is 4.39. The van der Waals surface area contributed by atoms with Gasteiger partial charge in [-0.1, -0.05) is 6.07 Å². The van der Waals surface area contributed by atoms with Crippen LogP contribution in [0.5, 0.6) is 0 Å². The molecule has 0 atom stereocenters. The van der Waals surface area contributed by atoms with Crippen LogP contribution in [0.25, 0.3) is 0 Å². The van der Waals surface area contributed by atoms with E-state index in [4.69, 9.17) is 0 Å². The van der Waals surface area contributed by atoms with Crippen molar-refractivity contribution in [1.82, 2.24) is 10.2 Å². The van der Waals surface area contributed by atoms with E-state index in [-0.39, 0.29) is 17.4 Å². The number of hydrogen-bond donors (Lipinski definition) is 1. The fourth-order valence-electron chi connectivity index (χ4n) is 2.29. The molecule has 0 aromatic heterocycles. The Balaban J connectivity index is 2.06. The van der Waals surface area contributed by atoms with Gasteiger partial charge in [-0.25, -0.2) is 0 Å². The minimum Gasteiger partial charge on any atom is -0.350 e. The van der Waals surface area contributed by atoms with Crippen molar-refractivity contribution in [2.45, 2.75) is 32.2 Å². The number of amides is 2. The van der Waals surface area contributed by atoms with Gasteiger partial charge in [0.05, 0.1) is 0 Å². The van der Waals surface area contributed by atoms with Gasteiger partial charge in [0.2, 0.25) is 5.91 Å². The minimum atomic E-state index is -0.113. The highest BCUT2D eigenvalue weighted by molar-refractivity contribution is 5.99. The number of likely N-dealkylation sites (N-methyl/N-ethyl adjacent to an activating group) is 1. The highest BCUT2D eigenvalue weighted by Crippen LogP contribution is 2.22. The molecule has 0 aliphatic carbocycles. The Kier molecular flexibility index (Phi) is 4.86.